The Bertz CT molecular complexity index is 1310. The smallest absolute Gasteiger partial charge is 0.303 e. The van der Waals surface area contributed by atoms with E-state index in [1.807, 2.05) is 0 Å². The maximum Gasteiger partial charge on any atom is 0.303 e. The Morgan fingerprint density at radius 2 is 1.00 bits per heavy atom. The van der Waals surface area contributed by atoms with Crippen LogP contribution in [0.2, 0.25) is 0 Å². The third kappa shape index (κ3) is 10.5. The average molecular weight is 685 g/mol. The number of hydrogen-bond acceptors (Lipinski definition) is 17. The van der Waals surface area contributed by atoms with E-state index < -0.39 is 104 Å². The maximum absolute atomic E-state index is 12.4. The van der Waals surface area contributed by atoms with E-state index in [1.165, 1.54) is 7.11 Å². The van der Waals surface area contributed by atoms with Crippen LogP contribution in [-0.4, -0.2) is 111 Å². The first kappa shape index (κ1) is 38.0. The number of carbonyl (C=O) groups is 6. The lowest BCUT2D eigenvalue weighted by Gasteiger charge is -2.48. The zero-order chi connectivity index (χ0) is 35.7. The highest BCUT2D eigenvalue weighted by Gasteiger charge is 2.57. The van der Waals surface area contributed by atoms with Crippen molar-refractivity contribution in [1.82, 2.24) is 0 Å². The summed E-state index contributed by atoms with van der Waals surface area (Å²) in [5, 5.41) is 0. The van der Waals surface area contributed by atoms with Crippen molar-refractivity contribution in [3.05, 3.63) is 24.3 Å². The van der Waals surface area contributed by atoms with Gasteiger partial charge < -0.3 is 52.1 Å². The highest BCUT2D eigenvalue weighted by molar-refractivity contribution is 5.69. The summed E-state index contributed by atoms with van der Waals surface area (Å²) in [5.74, 6) is -3.94. The van der Waals surface area contributed by atoms with E-state index >= 15 is 0 Å². The van der Waals surface area contributed by atoms with E-state index in [-0.39, 0.29) is 0 Å². The Morgan fingerprint density at radius 1 is 0.562 bits per heavy atom. The Hall–Kier alpha value is -4.48. The molecule has 0 aromatic heterocycles. The fourth-order valence-electron chi connectivity index (χ4n) is 5.14. The van der Waals surface area contributed by atoms with Crippen molar-refractivity contribution in [1.29, 1.82) is 0 Å². The van der Waals surface area contributed by atoms with Crippen molar-refractivity contribution in [2.45, 2.75) is 110 Å². The van der Waals surface area contributed by atoms with Gasteiger partial charge in [0.2, 0.25) is 12.4 Å². The number of methoxy groups -OCH3 is 1. The van der Waals surface area contributed by atoms with Crippen molar-refractivity contribution in [2.24, 2.45) is 0 Å². The number of ether oxygens (including phenoxy) is 11. The van der Waals surface area contributed by atoms with Gasteiger partial charge in [0, 0.05) is 41.5 Å². The summed E-state index contributed by atoms with van der Waals surface area (Å²) in [7, 11) is 1.49. The SMILES string of the molecule is COc1ccc(O[C@@H]2O[C@@H](C)[C@H](O[C@@H]3O[C@H](COC(C)=O)[C@@H](OC(C)=O)[C@H](OC(C)=O)[C@H]3OC(C)=O)[C@@H](OC(C)=O)[C@H]2OC(C)=O)cc1. The minimum absolute atomic E-state index is 0.297. The fraction of sp³-hybridized carbons (Fsp3) is 0.613. The van der Waals surface area contributed by atoms with Gasteiger partial charge in [-0.25, -0.2) is 0 Å². The number of carbonyl (C=O) groups excluding carboxylic acids is 6. The summed E-state index contributed by atoms with van der Waals surface area (Å²) in [5.41, 5.74) is 0. The molecule has 2 aliphatic heterocycles. The largest absolute Gasteiger partial charge is 0.497 e. The van der Waals surface area contributed by atoms with Crippen LogP contribution >= 0.6 is 0 Å². The third-order valence-electron chi connectivity index (χ3n) is 6.88. The molecule has 0 N–H and O–H groups in total. The van der Waals surface area contributed by atoms with Crippen molar-refractivity contribution < 1.29 is 80.9 Å². The second kappa shape index (κ2) is 17.1. The summed E-state index contributed by atoms with van der Waals surface area (Å²) in [6.45, 7) is 7.64. The molecule has 0 amide bonds. The van der Waals surface area contributed by atoms with Crippen LogP contribution in [0.15, 0.2) is 24.3 Å². The zero-order valence-corrected chi connectivity index (χ0v) is 27.7. The van der Waals surface area contributed by atoms with Crippen LogP contribution in [0, 0.1) is 0 Å². The molecule has 0 spiro atoms. The van der Waals surface area contributed by atoms with E-state index in [2.05, 4.69) is 0 Å². The molecule has 48 heavy (non-hydrogen) atoms. The van der Waals surface area contributed by atoms with Gasteiger partial charge in [-0.15, -0.1) is 0 Å². The summed E-state index contributed by atoms with van der Waals surface area (Å²) in [6.07, 6.45) is -14.0. The van der Waals surface area contributed by atoms with Gasteiger partial charge in [0.15, 0.2) is 30.7 Å². The van der Waals surface area contributed by atoms with E-state index in [0.717, 1.165) is 41.5 Å². The molecular formula is C31H40O17. The second-order valence-corrected chi connectivity index (χ2v) is 10.8. The molecule has 266 valence electrons. The zero-order valence-electron chi connectivity index (χ0n) is 27.7. The molecule has 0 bridgehead atoms. The molecule has 17 heteroatoms. The molecule has 1 aromatic carbocycles. The van der Waals surface area contributed by atoms with Crippen LogP contribution in [-0.2, 0) is 71.4 Å². The lowest BCUT2D eigenvalue weighted by molar-refractivity contribution is -0.351. The minimum Gasteiger partial charge on any atom is -0.497 e. The second-order valence-electron chi connectivity index (χ2n) is 10.8. The molecule has 0 unspecified atom stereocenters. The quantitative estimate of drug-likeness (QED) is 0.224. The highest BCUT2D eigenvalue weighted by Crippen LogP contribution is 2.35. The van der Waals surface area contributed by atoms with Gasteiger partial charge in [0.1, 0.15) is 30.3 Å². The van der Waals surface area contributed by atoms with E-state index in [0.29, 0.717) is 11.5 Å². The summed E-state index contributed by atoms with van der Waals surface area (Å²) < 4.78 is 62.1. The van der Waals surface area contributed by atoms with Crippen molar-refractivity contribution in [2.75, 3.05) is 13.7 Å². The molecule has 2 aliphatic rings. The van der Waals surface area contributed by atoms with Crippen LogP contribution in [0.4, 0.5) is 0 Å². The van der Waals surface area contributed by atoms with Crippen LogP contribution < -0.4 is 9.47 Å². The molecule has 2 heterocycles. The van der Waals surface area contributed by atoms with Crippen molar-refractivity contribution in [3.63, 3.8) is 0 Å². The molecule has 1 aromatic rings. The first-order chi connectivity index (χ1) is 22.6. The molecule has 0 saturated carbocycles. The van der Waals surface area contributed by atoms with Gasteiger partial charge in [-0.1, -0.05) is 0 Å². The highest BCUT2D eigenvalue weighted by atomic mass is 16.8. The third-order valence-corrected chi connectivity index (χ3v) is 6.88. The Labute approximate surface area is 276 Å². The minimum atomic E-state index is -1.66. The number of benzene rings is 1. The molecule has 0 aliphatic carbocycles. The van der Waals surface area contributed by atoms with Gasteiger partial charge in [-0.3, -0.25) is 28.8 Å². The Kier molecular flexibility index (Phi) is 13.5. The number of hydrogen-bond donors (Lipinski definition) is 0. The first-order valence-electron chi connectivity index (χ1n) is 14.9. The molecular weight excluding hydrogens is 644 g/mol. The van der Waals surface area contributed by atoms with E-state index in [4.69, 9.17) is 52.1 Å². The maximum atomic E-state index is 12.4. The number of rotatable bonds is 12. The Balaban J connectivity index is 2.05. The predicted octanol–water partition coefficient (Wildman–Crippen LogP) is 1.15. The fourth-order valence-corrected chi connectivity index (χ4v) is 5.14. The molecule has 10 atom stereocenters. The topological polar surface area (TPSA) is 204 Å². The van der Waals surface area contributed by atoms with E-state index in [9.17, 15) is 28.8 Å². The van der Waals surface area contributed by atoms with Gasteiger partial charge in [0.25, 0.3) is 0 Å². The monoisotopic (exact) mass is 684 g/mol. The van der Waals surface area contributed by atoms with Crippen LogP contribution in [0.1, 0.15) is 48.5 Å². The molecule has 3 rings (SSSR count). The van der Waals surface area contributed by atoms with Crippen molar-refractivity contribution in [3.8, 4) is 11.5 Å². The van der Waals surface area contributed by atoms with Gasteiger partial charge in [0.05, 0.1) is 13.2 Å². The molecule has 17 nitrogen and oxygen atoms in total. The van der Waals surface area contributed by atoms with Gasteiger partial charge >= 0.3 is 35.8 Å². The summed E-state index contributed by atoms with van der Waals surface area (Å²) in [4.78, 5) is 72.9. The normalized spacial score (nSPS) is 29.8. The summed E-state index contributed by atoms with van der Waals surface area (Å²) in [6, 6.07) is 6.42. The van der Waals surface area contributed by atoms with Gasteiger partial charge in [-0.05, 0) is 31.2 Å². The predicted molar refractivity (Wildman–Crippen MR) is 156 cm³/mol. The average Bonchev–Trinajstić information content (AvgIpc) is 2.98. The summed E-state index contributed by atoms with van der Waals surface area (Å²) >= 11 is 0. The van der Waals surface area contributed by atoms with Crippen molar-refractivity contribution >= 4 is 35.8 Å². The van der Waals surface area contributed by atoms with Crippen LogP contribution in [0.25, 0.3) is 0 Å². The first-order valence-corrected chi connectivity index (χ1v) is 14.9. The van der Waals surface area contributed by atoms with E-state index in [1.54, 1.807) is 31.2 Å². The Morgan fingerprint density at radius 3 is 1.48 bits per heavy atom. The van der Waals surface area contributed by atoms with Crippen LogP contribution in [0.5, 0.6) is 11.5 Å². The molecule has 2 fully saturated rings. The lowest BCUT2D eigenvalue weighted by atomic mass is 9.96. The lowest BCUT2D eigenvalue weighted by Crippen LogP contribution is -2.66. The molecule has 0 radical (unpaired) electrons. The number of esters is 6. The van der Waals surface area contributed by atoms with Crippen LogP contribution in [0.3, 0.4) is 0 Å². The standard InChI is InChI=1S/C31H40O17/c1-14-24(26(42-17(4)34)28(44-19(6)36)30(40-14)46-22-11-9-21(38-8)10-12-22)48-31-29(45-20(7)37)27(43-18(5)35)25(41-16(3)33)23(47-31)13-39-15(2)32/h9-12,14,23-31H,13H2,1-8H3/t14-,23+,24-,25+,26+,27-,28+,29+,30-,31-/m0/s1. The molecule has 2 saturated heterocycles. The van der Waals surface area contributed by atoms with Gasteiger partial charge in [-0.2, -0.15) is 0 Å².